The Kier molecular flexibility index (Phi) is 25.2. The molecule has 0 bridgehead atoms. The quantitative estimate of drug-likeness (QED) is 0.0260. The van der Waals surface area contributed by atoms with Crippen LogP contribution in [0.3, 0.4) is 0 Å². The van der Waals surface area contributed by atoms with Crippen molar-refractivity contribution in [3.05, 3.63) is 48.6 Å². The fourth-order valence-corrected chi connectivity index (χ4v) is 7.64. The summed E-state index contributed by atoms with van der Waals surface area (Å²) in [5, 5.41) is 17.6. The van der Waals surface area contributed by atoms with Gasteiger partial charge >= 0.3 is 23.9 Å². The highest BCUT2D eigenvalue weighted by Gasteiger charge is 2.50. The third kappa shape index (κ3) is 22.0. The highest BCUT2D eigenvalue weighted by molar-refractivity contribution is 6.38. The van der Waals surface area contributed by atoms with E-state index in [1.165, 1.54) is 6.08 Å². The van der Waals surface area contributed by atoms with Crippen molar-refractivity contribution in [3.8, 4) is 0 Å². The number of nitrogens with one attached hydrogen (secondary N) is 7. The van der Waals surface area contributed by atoms with Crippen LogP contribution in [-0.4, -0.2) is 142 Å². The monoisotopic (exact) mass is 1050 g/mol. The van der Waals surface area contributed by atoms with Crippen molar-refractivity contribution in [2.24, 2.45) is 11.8 Å². The molecule has 0 aromatic heterocycles. The summed E-state index contributed by atoms with van der Waals surface area (Å²) in [6.45, 7) is 21.6. The standard InChI is InChI=1S/C52H78N8O15/c1-14-19-33(43(65)49(71)53-27-38(64)73-26-15-2)55-48(70)42-41(59-50(72)60(42)28-32-20-17-16-18-21-32)44(66)39(29(3)4)57-47(69)40(30(5)6)58-46(68)35(23-25-37(63)75-52(11,12)13)56-45(67)34(54-31(7)61)22-24-36(62)74-51(8,9)10/h15-18,20-21,29-30,33-35,39-42H,2,14,19,22-28H2,1,3-13H3,(H,53,71)(H,54,61)(H,55,70)(H,56,67)(H,57,69)(H,58,68)(H,59,72)/t33?,34-,35-,39-,40-,41?,42+/m0/s1. The molecule has 1 heterocycles. The van der Waals surface area contributed by atoms with Crippen LogP contribution >= 0.6 is 0 Å². The minimum Gasteiger partial charge on any atom is -0.460 e. The molecule has 0 radical (unpaired) electrons. The lowest BCUT2D eigenvalue weighted by atomic mass is 9.90. The Hall–Kier alpha value is -7.20. The second kappa shape index (κ2) is 29.6. The van der Waals surface area contributed by atoms with Gasteiger partial charge in [-0.25, -0.2) is 4.79 Å². The van der Waals surface area contributed by atoms with Gasteiger partial charge in [0, 0.05) is 26.3 Å². The molecule has 75 heavy (non-hydrogen) atoms. The highest BCUT2D eigenvalue weighted by Crippen LogP contribution is 2.23. The van der Waals surface area contributed by atoms with Gasteiger partial charge in [-0.15, -0.1) is 0 Å². The molecule has 0 spiro atoms. The zero-order valence-electron chi connectivity index (χ0n) is 45.3. The molecule has 0 aliphatic carbocycles. The summed E-state index contributed by atoms with van der Waals surface area (Å²) >= 11 is 0. The second-order valence-corrected chi connectivity index (χ2v) is 20.8. The Morgan fingerprint density at radius 2 is 1.21 bits per heavy atom. The van der Waals surface area contributed by atoms with Gasteiger partial charge in [-0.05, 0) is 78.2 Å². The van der Waals surface area contributed by atoms with E-state index in [1.54, 1.807) is 106 Å². The number of hydrogen-bond donors (Lipinski definition) is 7. The zero-order chi connectivity index (χ0) is 57.0. The van der Waals surface area contributed by atoms with Gasteiger partial charge in [0.1, 0.15) is 54.6 Å². The lowest BCUT2D eigenvalue weighted by Gasteiger charge is -2.31. The Labute approximate surface area is 438 Å². The third-order valence-corrected chi connectivity index (χ3v) is 11.1. The molecule has 8 amide bonds. The molecule has 7 atom stereocenters. The number of ether oxygens (including phenoxy) is 3. The van der Waals surface area contributed by atoms with E-state index in [0.29, 0.717) is 12.0 Å². The molecule has 1 aromatic rings. The number of hydrogen-bond acceptors (Lipinski definition) is 15. The van der Waals surface area contributed by atoms with Gasteiger partial charge in [-0.1, -0.05) is 84.0 Å². The summed E-state index contributed by atoms with van der Waals surface area (Å²) < 4.78 is 15.6. The van der Waals surface area contributed by atoms with Crippen molar-refractivity contribution in [2.75, 3.05) is 13.2 Å². The Bertz CT molecular complexity index is 2240. The van der Waals surface area contributed by atoms with Crippen LogP contribution in [0.4, 0.5) is 4.79 Å². The van der Waals surface area contributed by atoms with E-state index in [2.05, 4.69) is 43.8 Å². The van der Waals surface area contributed by atoms with E-state index in [1.807, 2.05) is 0 Å². The van der Waals surface area contributed by atoms with E-state index in [4.69, 9.17) is 14.2 Å². The fourth-order valence-electron chi connectivity index (χ4n) is 7.64. The molecule has 1 saturated heterocycles. The molecular weight excluding hydrogens is 977 g/mol. The van der Waals surface area contributed by atoms with Crippen molar-refractivity contribution < 1.29 is 71.7 Å². The van der Waals surface area contributed by atoms with Gasteiger partial charge in [-0.2, -0.15) is 0 Å². The molecular formula is C52H78N8O15. The van der Waals surface area contributed by atoms with Crippen molar-refractivity contribution in [1.82, 2.24) is 42.1 Å². The summed E-state index contributed by atoms with van der Waals surface area (Å²) in [5.41, 5.74) is -1.16. The lowest BCUT2D eigenvalue weighted by molar-refractivity contribution is -0.156. The SMILES string of the molecule is C=CCOC(=O)CNC(=O)C(=O)C(CCC)NC(=O)[C@H]1C(C(=O)[C@@H](NC(=O)[C@@H](NC(=O)[C@H](CCC(=O)OC(C)(C)C)NC(=O)[C@H](CCC(=O)OC(C)(C)C)NC(C)=O)C(C)C)C(C)C)NC(=O)N1Cc1ccccc1. The normalized spacial score (nSPS) is 16.4. The molecule has 1 aliphatic rings. The van der Waals surface area contributed by atoms with Crippen LogP contribution in [0, 0.1) is 11.8 Å². The summed E-state index contributed by atoms with van der Waals surface area (Å²) in [6, 6.07) is -2.77. The second-order valence-electron chi connectivity index (χ2n) is 20.8. The summed E-state index contributed by atoms with van der Waals surface area (Å²) in [6.07, 6.45) is 0.336. The van der Waals surface area contributed by atoms with Gasteiger partial charge < -0.3 is 56.3 Å². The molecule has 2 unspecified atom stereocenters. The Morgan fingerprint density at radius 1 is 0.693 bits per heavy atom. The summed E-state index contributed by atoms with van der Waals surface area (Å²) in [4.78, 5) is 163. The first-order chi connectivity index (χ1) is 34.9. The Morgan fingerprint density at radius 3 is 1.71 bits per heavy atom. The van der Waals surface area contributed by atoms with Gasteiger partial charge in [-0.3, -0.25) is 52.7 Å². The molecule has 0 saturated carbocycles. The number of nitrogens with zero attached hydrogens (tertiary/aromatic N) is 1. The number of amides is 8. The summed E-state index contributed by atoms with van der Waals surface area (Å²) in [7, 11) is 0. The smallest absolute Gasteiger partial charge is 0.325 e. The largest absolute Gasteiger partial charge is 0.460 e. The van der Waals surface area contributed by atoms with Crippen molar-refractivity contribution >= 4 is 70.9 Å². The molecule has 23 heteroatoms. The first kappa shape index (κ1) is 63.9. The molecule has 1 fully saturated rings. The average molecular weight is 1060 g/mol. The maximum atomic E-state index is 14.8. The third-order valence-electron chi connectivity index (χ3n) is 11.1. The van der Waals surface area contributed by atoms with Crippen LogP contribution in [0.2, 0.25) is 0 Å². The van der Waals surface area contributed by atoms with Crippen molar-refractivity contribution in [3.63, 3.8) is 0 Å². The number of Topliss-reactive ketones (excluding diaryl/α,β-unsaturated/α-hetero) is 2. The van der Waals surface area contributed by atoms with Crippen LogP contribution in [0.25, 0.3) is 0 Å². The summed E-state index contributed by atoms with van der Waals surface area (Å²) in [5.74, 6) is -11.0. The first-order valence-corrected chi connectivity index (χ1v) is 25.0. The van der Waals surface area contributed by atoms with Crippen LogP contribution in [0.5, 0.6) is 0 Å². The zero-order valence-corrected chi connectivity index (χ0v) is 45.3. The number of benzene rings is 1. The number of urea groups is 1. The fraction of sp³-hybridized carbons (Fsp3) is 0.615. The van der Waals surface area contributed by atoms with E-state index in [9.17, 15) is 57.5 Å². The molecule has 1 aliphatic heterocycles. The predicted octanol–water partition coefficient (Wildman–Crippen LogP) is 1.73. The first-order valence-electron chi connectivity index (χ1n) is 25.0. The molecule has 23 nitrogen and oxygen atoms in total. The van der Waals surface area contributed by atoms with E-state index in [0.717, 1.165) is 11.8 Å². The Balaban J connectivity index is 2.51. The van der Waals surface area contributed by atoms with Gasteiger partial charge in [0.2, 0.25) is 35.3 Å². The van der Waals surface area contributed by atoms with Crippen LogP contribution in [-0.2, 0) is 73.5 Å². The molecule has 416 valence electrons. The number of carbonyl (C=O) groups is 12. The van der Waals surface area contributed by atoms with Crippen LogP contribution in [0.15, 0.2) is 43.0 Å². The van der Waals surface area contributed by atoms with E-state index < -0.39 is 143 Å². The van der Waals surface area contributed by atoms with Gasteiger partial charge in [0.05, 0.1) is 12.1 Å². The minimum absolute atomic E-state index is 0.0488. The number of carbonyl (C=O) groups excluding carboxylic acids is 12. The van der Waals surface area contributed by atoms with Crippen molar-refractivity contribution in [1.29, 1.82) is 0 Å². The maximum absolute atomic E-state index is 14.8. The van der Waals surface area contributed by atoms with Crippen LogP contribution < -0.4 is 37.2 Å². The number of rotatable bonds is 29. The van der Waals surface area contributed by atoms with Gasteiger partial charge in [0.25, 0.3) is 5.91 Å². The molecule has 1 aromatic carbocycles. The molecule has 2 rings (SSSR count). The van der Waals surface area contributed by atoms with Crippen LogP contribution in [0.1, 0.15) is 127 Å². The lowest BCUT2D eigenvalue weighted by Crippen LogP contribution is -2.62. The topological polar surface area (TPSA) is 320 Å². The minimum atomic E-state index is -1.65. The maximum Gasteiger partial charge on any atom is 0.325 e. The molecule has 7 N–H and O–H groups in total. The van der Waals surface area contributed by atoms with E-state index in [-0.39, 0.29) is 45.3 Å². The number of esters is 3. The predicted molar refractivity (Wildman–Crippen MR) is 272 cm³/mol. The van der Waals surface area contributed by atoms with E-state index >= 15 is 0 Å². The van der Waals surface area contributed by atoms with Crippen molar-refractivity contribution in [2.45, 2.75) is 182 Å². The number of ketones is 2. The van der Waals surface area contributed by atoms with Gasteiger partial charge in [0.15, 0.2) is 5.78 Å². The average Bonchev–Trinajstić information content (AvgIpc) is 3.63. The highest BCUT2D eigenvalue weighted by atomic mass is 16.6.